The highest BCUT2D eigenvalue weighted by molar-refractivity contribution is 7.92. The lowest BCUT2D eigenvalue weighted by Crippen LogP contribution is -2.62. The first-order valence-electron chi connectivity index (χ1n) is 20.9. The van der Waals surface area contributed by atoms with E-state index in [9.17, 15) is 27.6 Å². The Labute approximate surface area is 317 Å². The van der Waals surface area contributed by atoms with Crippen LogP contribution < -0.4 is 10.6 Å². The number of nitrogens with zero attached hydrogens (tertiary/aromatic N) is 1. The molecule has 0 aromatic carbocycles. The first-order chi connectivity index (χ1) is 25.1. The second-order valence-electron chi connectivity index (χ2n) is 19.0. The number of likely N-dealkylation sites (tertiary alicyclic amines) is 1. The fraction of sp³-hybridized carbons (Fsp3) is 0.833. The number of allylic oxidation sites excluding steroid dienone is 1. The minimum atomic E-state index is -3.55. The summed E-state index contributed by atoms with van der Waals surface area (Å²) in [5, 5.41) is 6.21. The van der Waals surface area contributed by atoms with Gasteiger partial charge in [-0.3, -0.25) is 19.2 Å². The first kappa shape index (κ1) is 40.1. The van der Waals surface area contributed by atoms with Gasteiger partial charge in [0, 0.05) is 25.3 Å². The van der Waals surface area contributed by atoms with Crippen molar-refractivity contribution < 1.29 is 32.4 Å². The molecule has 6 aliphatic rings. The van der Waals surface area contributed by atoms with Crippen molar-refractivity contribution in [3.05, 3.63) is 12.7 Å². The van der Waals surface area contributed by atoms with Crippen LogP contribution in [0.2, 0.25) is 0 Å². The lowest BCUT2D eigenvalue weighted by atomic mass is 9.81. The van der Waals surface area contributed by atoms with Crippen LogP contribution in [0.1, 0.15) is 149 Å². The number of Topliss-reactive ketones (excluding diaryl/α,β-unsaturated/α-hetero) is 3. The van der Waals surface area contributed by atoms with Crippen molar-refractivity contribution >= 4 is 39.1 Å². The van der Waals surface area contributed by atoms with Crippen molar-refractivity contribution in [1.82, 2.24) is 15.5 Å². The van der Waals surface area contributed by atoms with E-state index in [1.54, 1.807) is 31.7 Å². The van der Waals surface area contributed by atoms with Crippen LogP contribution >= 0.6 is 0 Å². The van der Waals surface area contributed by atoms with Gasteiger partial charge >= 0.3 is 6.03 Å². The van der Waals surface area contributed by atoms with Crippen molar-refractivity contribution in [3.63, 3.8) is 0 Å². The number of amides is 3. The Morgan fingerprint density at radius 3 is 2.15 bits per heavy atom. The predicted molar refractivity (Wildman–Crippen MR) is 205 cm³/mol. The van der Waals surface area contributed by atoms with Gasteiger partial charge in [0.2, 0.25) is 11.7 Å². The number of hydrogen-bond acceptors (Lipinski definition) is 7. The number of nitrogens with one attached hydrogen (secondary N) is 2. The Morgan fingerprint density at radius 2 is 1.55 bits per heavy atom. The van der Waals surface area contributed by atoms with Crippen molar-refractivity contribution in [2.45, 2.75) is 172 Å². The smallest absolute Gasteiger partial charge is 0.315 e. The average molecular weight is 756 g/mol. The minimum absolute atomic E-state index is 0.0102. The van der Waals surface area contributed by atoms with Crippen LogP contribution in [0, 0.1) is 35.0 Å². The summed E-state index contributed by atoms with van der Waals surface area (Å²) in [7, 11) is -3.55. The molecule has 5 saturated carbocycles. The van der Waals surface area contributed by atoms with Crippen LogP contribution in [-0.2, 0) is 29.0 Å². The fourth-order valence-corrected chi connectivity index (χ4v) is 12.0. The van der Waals surface area contributed by atoms with Crippen LogP contribution in [0.4, 0.5) is 4.79 Å². The van der Waals surface area contributed by atoms with Crippen molar-refractivity contribution in [2.24, 2.45) is 35.0 Å². The standard InChI is InChI=1S/C42H65N3O7S/c1-5-6-15-33(46)37(48)30(24-28-16-17-28)25-34(47)36-31-18-21-41(22-23-41)32(31)26-45(36)38(49)35(29-13-9-7-10-14-29)43-39(50)44-42(19-11-8-12-20-42)27-53(51,52)40(2,3)4/h5,28-32,35-36H,1,6-27H2,2-4H3,(H2,43,44,50)/t30?,31-,32-,35-,36-/m0/s1. The highest BCUT2D eigenvalue weighted by atomic mass is 32.2. The summed E-state index contributed by atoms with van der Waals surface area (Å²) in [4.78, 5) is 71.9. The molecule has 2 N–H and O–H groups in total. The van der Waals surface area contributed by atoms with Crippen LogP contribution in [0.5, 0.6) is 0 Å². The summed E-state index contributed by atoms with van der Waals surface area (Å²) in [6, 6.07) is -2.04. The summed E-state index contributed by atoms with van der Waals surface area (Å²) < 4.78 is 26.0. The Balaban J connectivity index is 1.25. The normalized spacial score (nSPS) is 27.8. The number of urea groups is 1. The Bertz CT molecular complexity index is 1530. The van der Waals surface area contributed by atoms with Crippen molar-refractivity contribution in [2.75, 3.05) is 12.3 Å². The molecular formula is C42H65N3O7S. The van der Waals surface area contributed by atoms with Gasteiger partial charge in [-0.05, 0) is 114 Å². The molecule has 1 saturated heterocycles. The van der Waals surface area contributed by atoms with Crippen LogP contribution in [0.15, 0.2) is 12.7 Å². The quantitative estimate of drug-likeness (QED) is 0.133. The molecule has 0 radical (unpaired) electrons. The van der Waals surface area contributed by atoms with E-state index in [2.05, 4.69) is 17.2 Å². The SMILES string of the molecule is C=CCCC(=O)C(=O)C(CC(=O)[C@@H]1[C@H]2CCC3(CC3)[C@H]2CN1C(=O)[C@@H](NC(=O)NC1(CS(=O)(=O)C(C)(C)C)CCCCC1)C1CCCCC1)CC1CC1. The van der Waals surface area contributed by atoms with E-state index in [1.807, 2.05) is 0 Å². The Kier molecular flexibility index (Phi) is 12.0. The van der Waals surface area contributed by atoms with Gasteiger partial charge in [-0.15, -0.1) is 6.58 Å². The van der Waals surface area contributed by atoms with Gasteiger partial charge in [-0.25, -0.2) is 13.2 Å². The number of sulfone groups is 1. The monoisotopic (exact) mass is 755 g/mol. The summed E-state index contributed by atoms with van der Waals surface area (Å²) in [6.07, 6.45) is 17.0. The number of fused-ring (bicyclic) bond motifs is 2. The van der Waals surface area contributed by atoms with Crippen LogP contribution in [0.25, 0.3) is 0 Å². The largest absolute Gasteiger partial charge is 0.332 e. The molecule has 6 fully saturated rings. The third-order valence-electron chi connectivity index (χ3n) is 14.2. The topological polar surface area (TPSA) is 147 Å². The molecule has 0 bridgehead atoms. The molecule has 10 nitrogen and oxygen atoms in total. The molecule has 1 aliphatic heterocycles. The zero-order valence-corrected chi connectivity index (χ0v) is 33.4. The molecular weight excluding hydrogens is 691 g/mol. The van der Waals surface area contributed by atoms with Gasteiger partial charge < -0.3 is 15.5 Å². The Morgan fingerprint density at radius 1 is 0.887 bits per heavy atom. The first-order valence-corrected chi connectivity index (χ1v) is 22.6. The van der Waals surface area contributed by atoms with Gasteiger partial charge in [0.25, 0.3) is 0 Å². The maximum Gasteiger partial charge on any atom is 0.315 e. The molecule has 296 valence electrons. The molecule has 1 unspecified atom stereocenters. The number of rotatable bonds is 16. The molecule has 1 heterocycles. The van der Waals surface area contributed by atoms with E-state index in [4.69, 9.17) is 0 Å². The zero-order valence-electron chi connectivity index (χ0n) is 32.6. The van der Waals surface area contributed by atoms with E-state index in [0.717, 1.165) is 89.9 Å². The number of ketones is 3. The molecule has 5 atom stereocenters. The zero-order chi connectivity index (χ0) is 38.2. The third kappa shape index (κ3) is 8.96. The van der Waals surface area contributed by atoms with Gasteiger partial charge in [-0.1, -0.05) is 57.4 Å². The highest BCUT2D eigenvalue weighted by Crippen LogP contribution is 2.66. The fourth-order valence-electron chi connectivity index (χ4n) is 10.5. The lowest BCUT2D eigenvalue weighted by molar-refractivity contribution is -0.143. The lowest BCUT2D eigenvalue weighted by Gasteiger charge is -2.41. The van der Waals surface area contributed by atoms with Gasteiger partial charge in [0.05, 0.1) is 22.1 Å². The van der Waals surface area contributed by atoms with Crippen LogP contribution in [-0.4, -0.2) is 77.3 Å². The summed E-state index contributed by atoms with van der Waals surface area (Å²) in [5.41, 5.74) is -0.749. The van der Waals surface area contributed by atoms with Crippen molar-refractivity contribution in [1.29, 1.82) is 0 Å². The molecule has 6 rings (SSSR count). The van der Waals surface area contributed by atoms with E-state index in [1.165, 1.54) is 0 Å². The van der Waals surface area contributed by atoms with E-state index in [-0.39, 0.29) is 53.5 Å². The summed E-state index contributed by atoms with van der Waals surface area (Å²) in [5.74, 6) is -1.62. The highest BCUT2D eigenvalue weighted by Gasteiger charge is 2.63. The summed E-state index contributed by atoms with van der Waals surface area (Å²) >= 11 is 0. The van der Waals surface area contributed by atoms with Gasteiger partial charge in [0.15, 0.2) is 21.4 Å². The Hall–Kier alpha value is -2.56. The molecule has 11 heteroatoms. The number of carbonyl (C=O) groups is 5. The number of hydrogen-bond donors (Lipinski definition) is 2. The second-order valence-corrected chi connectivity index (χ2v) is 21.7. The molecule has 53 heavy (non-hydrogen) atoms. The van der Waals surface area contributed by atoms with Gasteiger partial charge in [-0.2, -0.15) is 0 Å². The third-order valence-corrected chi connectivity index (χ3v) is 17.0. The van der Waals surface area contributed by atoms with Crippen LogP contribution in [0.3, 0.4) is 0 Å². The number of carbonyl (C=O) groups excluding carboxylic acids is 5. The maximum absolute atomic E-state index is 15.0. The van der Waals surface area contributed by atoms with E-state index in [0.29, 0.717) is 38.1 Å². The molecule has 5 aliphatic carbocycles. The minimum Gasteiger partial charge on any atom is -0.332 e. The van der Waals surface area contributed by atoms with E-state index >= 15 is 4.79 Å². The van der Waals surface area contributed by atoms with E-state index < -0.39 is 55.7 Å². The summed E-state index contributed by atoms with van der Waals surface area (Å²) in [6.45, 7) is 9.22. The second kappa shape index (κ2) is 15.9. The molecule has 0 aromatic rings. The van der Waals surface area contributed by atoms with Crippen molar-refractivity contribution in [3.8, 4) is 0 Å². The average Bonchev–Trinajstić information content (AvgIpc) is 4.03. The molecule has 3 amide bonds. The predicted octanol–water partition coefficient (Wildman–Crippen LogP) is 6.65. The maximum atomic E-state index is 15.0. The molecule has 1 spiro atoms. The molecule has 0 aromatic heterocycles. The van der Waals surface area contributed by atoms with Gasteiger partial charge in [0.1, 0.15) is 6.04 Å².